The van der Waals surface area contributed by atoms with E-state index in [9.17, 15) is 48.3 Å². The molecule has 0 bridgehead atoms. The molecule has 2 aromatic heterocycles. The molecule has 7 N–H and O–H groups in total. The topological polar surface area (TPSA) is 283 Å². The van der Waals surface area contributed by atoms with Crippen LogP contribution in [0.5, 0.6) is 0 Å². The average Bonchev–Trinajstić information content (AvgIpc) is 3.90. The number of fused-ring (bicyclic) bond motifs is 1. The van der Waals surface area contributed by atoms with Crippen LogP contribution in [0.2, 0.25) is 0 Å². The minimum atomic E-state index is -1.24. The van der Waals surface area contributed by atoms with Crippen LogP contribution in [-0.4, -0.2) is 113 Å². The molecule has 0 radical (unpaired) electrons. The average molecular weight is 985 g/mol. The summed E-state index contributed by atoms with van der Waals surface area (Å²) in [5.74, 6) is -4.38. The summed E-state index contributed by atoms with van der Waals surface area (Å²) in [6.45, 7) is 15.5. The Balaban J connectivity index is 1.27. The summed E-state index contributed by atoms with van der Waals surface area (Å²) >= 11 is 1.45. The number of H-pyrrole nitrogens is 1. The van der Waals surface area contributed by atoms with Crippen LogP contribution in [0.3, 0.4) is 0 Å². The van der Waals surface area contributed by atoms with E-state index in [2.05, 4.69) is 25.9 Å². The standard InChI is InChI=1S/C50H76N6O12S/c1-30(20-35-27-52-29-55-35)47(66)56-50(8,9)42(62)26-49(6,7)41(61)25-48(4,5)40(60)23-34(46(51)65)12-10-11-15-53-44(64)28-68-19-18-67-17-16-54-43(63)22-33-13-14-36-38(21-33)69-39(45(36)32(3)58)24-37(59)31(2)57/h27,29-30,32-34,58H,10-26,28H2,1-9H3,(H2,51,65)(H,52,55)(H,53,64)(H,54,63)(H,56,66)/t30-,32?,33?,34+/m0/s1. The number of ether oxygens (including phenoxy) is 2. The van der Waals surface area contributed by atoms with Crippen molar-refractivity contribution in [1.82, 2.24) is 25.9 Å². The van der Waals surface area contributed by atoms with Crippen LogP contribution in [0.15, 0.2) is 12.5 Å². The van der Waals surface area contributed by atoms with E-state index in [0.717, 1.165) is 33.0 Å². The Bertz CT molecular complexity index is 2130. The van der Waals surface area contributed by atoms with E-state index in [1.54, 1.807) is 61.6 Å². The number of amides is 4. The second-order valence-electron chi connectivity index (χ2n) is 20.3. The van der Waals surface area contributed by atoms with E-state index < -0.39 is 51.8 Å². The summed E-state index contributed by atoms with van der Waals surface area (Å²) in [4.78, 5) is 123. The van der Waals surface area contributed by atoms with Crippen molar-refractivity contribution < 1.29 is 57.7 Å². The van der Waals surface area contributed by atoms with Crippen LogP contribution in [0.4, 0.5) is 0 Å². The van der Waals surface area contributed by atoms with E-state index in [0.29, 0.717) is 58.0 Å². The van der Waals surface area contributed by atoms with Gasteiger partial charge in [0, 0.05) is 103 Å². The summed E-state index contributed by atoms with van der Waals surface area (Å²) in [5, 5.41) is 18.8. The molecule has 3 rings (SSSR count). The number of hydrogen-bond acceptors (Lipinski definition) is 14. The minimum absolute atomic E-state index is 0.0198. The van der Waals surface area contributed by atoms with Gasteiger partial charge in [-0.15, -0.1) is 11.3 Å². The quantitative estimate of drug-likeness (QED) is 0.0437. The Kier molecular flexibility index (Phi) is 22.7. The lowest BCUT2D eigenvalue weighted by Crippen LogP contribution is -2.53. The summed E-state index contributed by atoms with van der Waals surface area (Å²) < 4.78 is 10.9. The molecular formula is C50H76N6O12S. The number of aliphatic hydroxyl groups is 1. The van der Waals surface area contributed by atoms with Crippen molar-refractivity contribution in [2.24, 2.45) is 34.3 Å². The van der Waals surface area contributed by atoms with Crippen LogP contribution in [0.1, 0.15) is 146 Å². The Labute approximate surface area is 410 Å². The SMILES string of the molecule is CC(=O)C(=O)Cc1sc2c(c1C(C)O)CCC(CC(=O)NCCOCCOCC(=O)NCCCC[C@H](CC(=O)C(C)(C)CC(=O)C(C)(C)CC(=O)C(C)(C)NC(=O)[C@@H](C)Cc1cnc[nH]1)C(N)=O)C2. The lowest BCUT2D eigenvalue weighted by Gasteiger charge is -2.33. The summed E-state index contributed by atoms with van der Waals surface area (Å²) in [7, 11) is 0. The highest BCUT2D eigenvalue weighted by molar-refractivity contribution is 7.12. The zero-order chi connectivity index (χ0) is 51.7. The number of rotatable bonds is 33. The third-order valence-electron chi connectivity index (χ3n) is 12.8. The van der Waals surface area contributed by atoms with E-state index in [-0.39, 0.29) is 93.1 Å². The van der Waals surface area contributed by atoms with Crippen LogP contribution < -0.4 is 21.7 Å². The van der Waals surface area contributed by atoms with Gasteiger partial charge in [0.2, 0.25) is 29.4 Å². The number of thiophene rings is 1. The molecule has 2 heterocycles. The maximum absolute atomic E-state index is 13.6. The lowest BCUT2D eigenvalue weighted by molar-refractivity contribution is -0.140. The predicted octanol–water partition coefficient (Wildman–Crippen LogP) is 3.96. The van der Waals surface area contributed by atoms with Crippen molar-refractivity contribution in [3.8, 4) is 0 Å². The molecule has 384 valence electrons. The molecule has 4 amide bonds. The zero-order valence-electron chi connectivity index (χ0n) is 42.1. The third kappa shape index (κ3) is 19.0. The highest BCUT2D eigenvalue weighted by atomic mass is 32.1. The largest absolute Gasteiger partial charge is 0.389 e. The van der Waals surface area contributed by atoms with Crippen molar-refractivity contribution in [3.63, 3.8) is 0 Å². The second-order valence-corrected chi connectivity index (χ2v) is 21.5. The molecule has 2 unspecified atom stereocenters. The normalized spacial score (nSPS) is 15.3. The van der Waals surface area contributed by atoms with Gasteiger partial charge in [-0.25, -0.2) is 4.98 Å². The van der Waals surface area contributed by atoms with Gasteiger partial charge >= 0.3 is 0 Å². The van der Waals surface area contributed by atoms with E-state index in [1.165, 1.54) is 24.6 Å². The fourth-order valence-corrected chi connectivity index (χ4v) is 9.76. The highest BCUT2D eigenvalue weighted by Gasteiger charge is 2.41. The first-order chi connectivity index (χ1) is 32.2. The first-order valence-electron chi connectivity index (χ1n) is 24.0. The number of Topliss-reactive ketones (excluding diaryl/α,β-unsaturated/α-hetero) is 5. The van der Waals surface area contributed by atoms with Crippen LogP contribution in [0, 0.1) is 28.6 Å². The smallest absolute Gasteiger partial charge is 0.245 e. The molecule has 0 aliphatic heterocycles. The Morgan fingerprint density at radius 2 is 1.54 bits per heavy atom. The predicted molar refractivity (Wildman–Crippen MR) is 259 cm³/mol. The number of carbonyl (C=O) groups excluding carboxylic acids is 9. The van der Waals surface area contributed by atoms with Crippen molar-refractivity contribution >= 4 is 63.9 Å². The number of primary amides is 1. The van der Waals surface area contributed by atoms with Gasteiger partial charge in [-0.2, -0.15) is 0 Å². The van der Waals surface area contributed by atoms with Crippen LogP contribution >= 0.6 is 11.3 Å². The first-order valence-corrected chi connectivity index (χ1v) is 24.8. The van der Waals surface area contributed by atoms with Gasteiger partial charge in [-0.05, 0) is 69.9 Å². The Hall–Kier alpha value is -4.98. The highest BCUT2D eigenvalue weighted by Crippen LogP contribution is 2.41. The Morgan fingerprint density at radius 3 is 2.17 bits per heavy atom. The molecule has 0 saturated carbocycles. The molecule has 0 saturated heterocycles. The van der Waals surface area contributed by atoms with Gasteiger partial charge in [-0.3, -0.25) is 43.2 Å². The second kappa shape index (κ2) is 26.8. The maximum atomic E-state index is 13.6. The maximum Gasteiger partial charge on any atom is 0.245 e. The van der Waals surface area contributed by atoms with Gasteiger partial charge in [0.15, 0.2) is 11.6 Å². The summed E-state index contributed by atoms with van der Waals surface area (Å²) in [5.41, 5.74) is 4.73. The van der Waals surface area contributed by atoms with Crippen molar-refractivity contribution in [3.05, 3.63) is 39.1 Å². The zero-order valence-corrected chi connectivity index (χ0v) is 42.9. The van der Waals surface area contributed by atoms with Crippen LogP contribution in [-0.2, 0) is 78.3 Å². The minimum Gasteiger partial charge on any atom is -0.389 e. The number of nitrogens with zero attached hydrogens (tertiary/aromatic N) is 1. The fraction of sp³-hybridized carbons (Fsp3) is 0.680. The number of aromatic nitrogens is 2. The number of hydrogen-bond donors (Lipinski definition) is 6. The summed E-state index contributed by atoms with van der Waals surface area (Å²) in [6, 6.07) is 0. The van der Waals surface area contributed by atoms with E-state index in [1.807, 2.05) is 0 Å². The van der Waals surface area contributed by atoms with Crippen molar-refractivity contribution in [2.45, 2.75) is 151 Å². The number of aromatic amines is 1. The number of nitrogens with one attached hydrogen (secondary N) is 4. The number of ketones is 5. The van der Waals surface area contributed by atoms with Crippen LogP contribution in [0.25, 0.3) is 0 Å². The van der Waals surface area contributed by atoms with Gasteiger partial charge in [-0.1, -0.05) is 41.0 Å². The van der Waals surface area contributed by atoms with Gasteiger partial charge in [0.25, 0.3) is 0 Å². The molecule has 1 aliphatic rings. The van der Waals surface area contributed by atoms with Crippen molar-refractivity contribution in [1.29, 1.82) is 0 Å². The van der Waals surface area contributed by atoms with E-state index >= 15 is 0 Å². The molecule has 19 heteroatoms. The number of nitrogens with two attached hydrogens (primary N) is 1. The molecule has 2 aromatic rings. The first kappa shape index (κ1) is 58.3. The monoisotopic (exact) mass is 985 g/mol. The van der Waals surface area contributed by atoms with E-state index in [4.69, 9.17) is 15.2 Å². The number of aliphatic hydroxyl groups excluding tert-OH is 1. The number of imidazole rings is 1. The molecular weight excluding hydrogens is 909 g/mol. The number of unbranched alkanes of at least 4 members (excludes halogenated alkanes) is 1. The molecule has 0 aromatic carbocycles. The third-order valence-corrected chi connectivity index (χ3v) is 14.0. The number of carbonyl (C=O) groups is 9. The molecule has 0 fully saturated rings. The molecule has 18 nitrogen and oxygen atoms in total. The van der Waals surface area contributed by atoms with Gasteiger partial charge in [0.05, 0.1) is 37.8 Å². The fourth-order valence-electron chi connectivity index (χ4n) is 8.20. The summed E-state index contributed by atoms with van der Waals surface area (Å²) in [6.07, 6.45) is 6.15. The van der Waals surface area contributed by atoms with Gasteiger partial charge < -0.3 is 41.2 Å². The van der Waals surface area contributed by atoms with Crippen molar-refractivity contribution in [2.75, 3.05) is 39.5 Å². The lowest BCUT2D eigenvalue weighted by atomic mass is 9.71. The Morgan fingerprint density at radius 1 is 0.884 bits per heavy atom. The molecule has 1 aliphatic carbocycles. The molecule has 4 atom stereocenters. The molecule has 0 spiro atoms. The van der Waals surface area contributed by atoms with Gasteiger partial charge in [0.1, 0.15) is 18.2 Å². The molecule has 69 heavy (non-hydrogen) atoms.